The minimum atomic E-state index is -0.496. The number of fused-ring (bicyclic) bond motifs is 2. The molecular formula is C28H28BrNO6. The van der Waals surface area contributed by atoms with Gasteiger partial charge in [-0.05, 0) is 68.2 Å². The summed E-state index contributed by atoms with van der Waals surface area (Å²) in [6.07, 6.45) is -0.362. The molecule has 1 heterocycles. The first-order valence-electron chi connectivity index (χ1n) is 11.9. The zero-order valence-electron chi connectivity index (χ0n) is 20.9. The van der Waals surface area contributed by atoms with Gasteiger partial charge in [0.2, 0.25) is 0 Å². The fraction of sp³-hybridized carbons (Fsp3) is 0.321. The van der Waals surface area contributed by atoms with Crippen molar-refractivity contribution in [2.75, 3.05) is 11.5 Å². The molecule has 0 fully saturated rings. The molecule has 7 nitrogen and oxygen atoms in total. The molecule has 0 spiro atoms. The van der Waals surface area contributed by atoms with E-state index in [1.54, 1.807) is 25.1 Å². The maximum Gasteiger partial charge on any atom is 0.310 e. The molecule has 0 saturated heterocycles. The van der Waals surface area contributed by atoms with Crippen LogP contribution in [-0.2, 0) is 16.0 Å². The van der Waals surface area contributed by atoms with E-state index in [2.05, 4.69) is 15.9 Å². The van der Waals surface area contributed by atoms with Crippen molar-refractivity contribution in [3.63, 3.8) is 0 Å². The number of halogens is 1. The molecule has 1 aliphatic rings. The highest BCUT2D eigenvalue weighted by atomic mass is 79.9. The lowest BCUT2D eigenvalue weighted by Crippen LogP contribution is -2.30. The molecule has 3 aromatic carbocycles. The lowest BCUT2D eigenvalue weighted by Gasteiger charge is -2.20. The summed E-state index contributed by atoms with van der Waals surface area (Å²) in [5, 5.41) is 1.40. The first kappa shape index (κ1) is 25.7. The number of benzene rings is 3. The molecule has 0 radical (unpaired) electrons. The Morgan fingerprint density at radius 1 is 0.889 bits per heavy atom. The Morgan fingerprint density at radius 3 is 1.86 bits per heavy atom. The number of imide groups is 1. The van der Waals surface area contributed by atoms with E-state index < -0.39 is 11.8 Å². The smallest absolute Gasteiger partial charge is 0.310 e. The van der Waals surface area contributed by atoms with E-state index in [0.717, 1.165) is 4.90 Å². The molecule has 2 amide bonds. The largest absolute Gasteiger partial charge is 0.489 e. The van der Waals surface area contributed by atoms with E-state index in [9.17, 15) is 14.4 Å². The van der Waals surface area contributed by atoms with Gasteiger partial charge in [0.15, 0.2) is 0 Å². The number of nitrogens with zero attached hydrogens (tertiary/aromatic N) is 1. The number of rotatable bonds is 8. The molecule has 8 heteroatoms. The molecule has 0 saturated carbocycles. The summed E-state index contributed by atoms with van der Waals surface area (Å²) in [7, 11) is 0. The van der Waals surface area contributed by atoms with Gasteiger partial charge >= 0.3 is 5.97 Å². The second-order valence-corrected chi connectivity index (χ2v) is 9.85. The van der Waals surface area contributed by atoms with E-state index in [1.165, 1.54) is 0 Å². The molecule has 0 bridgehead atoms. The summed E-state index contributed by atoms with van der Waals surface area (Å²) in [4.78, 5) is 40.8. The highest BCUT2D eigenvalue weighted by Gasteiger charge is 2.44. The van der Waals surface area contributed by atoms with Gasteiger partial charge < -0.3 is 14.2 Å². The predicted molar refractivity (Wildman–Crippen MR) is 141 cm³/mol. The first-order chi connectivity index (χ1) is 17.1. The zero-order chi connectivity index (χ0) is 26.1. The maximum atomic E-state index is 13.9. The molecule has 0 atom stereocenters. The van der Waals surface area contributed by atoms with E-state index in [-0.39, 0.29) is 35.7 Å². The van der Waals surface area contributed by atoms with Crippen LogP contribution < -0.4 is 14.4 Å². The molecule has 1 aliphatic heterocycles. The Labute approximate surface area is 218 Å². The van der Waals surface area contributed by atoms with Crippen molar-refractivity contribution in [2.24, 2.45) is 0 Å². The van der Waals surface area contributed by atoms with Crippen molar-refractivity contribution in [1.82, 2.24) is 0 Å². The molecule has 188 valence electrons. The van der Waals surface area contributed by atoms with Crippen molar-refractivity contribution in [1.29, 1.82) is 0 Å². The fourth-order valence-corrected chi connectivity index (χ4v) is 4.86. The summed E-state index contributed by atoms with van der Waals surface area (Å²) in [5.74, 6) is -0.617. The zero-order valence-corrected chi connectivity index (χ0v) is 22.5. The summed E-state index contributed by atoms with van der Waals surface area (Å²) in [6, 6.07) is 12.5. The number of esters is 1. The Bertz CT molecular complexity index is 1300. The van der Waals surface area contributed by atoms with E-state index in [4.69, 9.17) is 14.2 Å². The van der Waals surface area contributed by atoms with Crippen LogP contribution in [-0.4, -0.2) is 36.6 Å². The van der Waals surface area contributed by atoms with Gasteiger partial charge in [0.1, 0.15) is 11.5 Å². The van der Waals surface area contributed by atoms with E-state index in [0.29, 0.717) is 44.6 Å². The van der Waals surface area contributed by atoms with Crippen LogP contribution in [0.4, 0.5) is 5.69 Å². The van der Waals surface area contributed by atoms with Crippen LogP contribution in [0.2, 0.25) is 0 Å². The van der Waals surface area contributed by atoms with E-state index in [1.807, 2.05) is 52.0 Å². The Kier molecular flexibility index (Phi) is 7.36. The second kappa shape index (κ2) is 10.3. The first-order valence-corrected chi connectivity index (χ1v) is 12.7. The third-order valence-electron chi connectivity index (χ3n) is 5.57. The summed E-state index contributed by atoms with van der Waals surface area (Å²) < 4.78 is 17.8. The molecule has 0 aliphatic carbocycles. The predicted octanol–water partition coefficient (Wildman–Crippen LogP) is 6.08. The van der Waals surface area contributed by atoms with Crippen LogP contribution in [0.3, 0.4) is 0 Å². The number of hydrogen-bond donors (Lipinski definition) is 0. The number of hydrogen-bond acceptors (Lipinski definition) is 6. The minimum absolute atomic E-state index is 0.0823. The van der Waals surface area contributed by atoms with Gasteiger partial charge in [0.25, 0.3) is 11.8 Å². The van der Waals surface area contributed by atoms with Crippen LogP contribution in [0, 0.1) is 0 Å². The quantitative estimate of drug-likeness (QED) is 0.248. The number of ether oxygens (including phenoxy) is 3. The second-order valence-electron chi connectivity index (χ2n) is 9.00. The van der Waals surface area contributed by atoms with Gasteiger partial charge in [-0.25, -0.2) is 4.90 Å². The van der Waals surface area contributed by atoms with Gasteiger partial charge in [-0.1, -0.05) is 30.3 Å². The molecule has 36 heavy (non-hydrogen) atoms. The third kappa shape index (κ3) is 4.69. The van der Waals surface area contributed by atoms with Crippen molar-refractivity contribution < 1.29 is 28.6 Å². The van der Waals surface area contributed by atoms with Crippen LogP contribution in [0.15, 0.2) is 46.9 Å². The topological polar surface area (TPSA) is 82.1 Å². The lowest BCUT2D eigenvalue weighted by molar-refractivity contribution is -0.142. The van der Waals surface area contributed by atoms with Crippen LogP contribution in [0.5, 0.6) is 11.5 Å². The molecular weight excluding hydrogens is 526 g/mol. The summed E-state index contributed by atoms with van der Waals surface area (Å²) >= 11 is 3.49. The van der Waals surface area contributed by atoms with Crippen LogP contribution in [0.25, 0.3) is 10.8 Å². The van der Waals surface area contributed by atoms with Gasteiger partial charge in [-0.2, -0.15) is 0 Å². The Hall–Kier alpha value is -3.39. The highest BCUT2D eigenvalue weighted by Crippen LogP contribution is 2.47. The number of carbonyl (C=O) groups excluding carboxylic acids is 3. The van der Waals surface area contributed by atoms with Crippen molar-refractivity contribution in [3.8, 4) is 11.5 Å². The Balaban J connectivity index is 1.88. The van der Waals surface area contributed by atoms with Crippen molar-refractivity contribution in [2.45, 2.75) is 53.2 Å². The minimum Gasteiger partial charge on any atom is -0.489 e. The normalized spacial score (nSPS) is 13.1. The Morgan fingerprint density at radius 2 is 1.42 bits per heavy atom. The summed E-state index contributed by atoms with van der Waals surface area (Å²) in [5.41, 5.74) is 1.43. The van der Waals surface area contributed by atoms with Gasteiger partial charge in [-0.3, -0.25) is 14.4 Å². The molecule has 0 unspecified atom stereocenters. The van der Waals surface area contributed by atoms with Crippen molar-refractivity contribution >= 4 is 50.2 Å². The van der Waals surface area contributed by atoms with E-state index >= 15 is 0 Å². The maximum absolute atomic E-state index is 13.9. The average Bonchev–Trinajstić information content (AvgIpc) is 3.06. The number of anilines is 1. The molecule has 0 aromatic heterocycles. The van der Waals surface area contributed by atoms with Gasteiger partial charge in [-0.15, -0.1) is 0 Å². The fourth-order valence-electron chi connectivity index (χ4n) is 4.25. The SMILES string of the molecule is CCOC(=O)Cc1ccc(N2C(=O)c3c(c(OC(C)C)c4ccccc4c3OC(C)C)C2=O)c(Br)c1. The lowest BCUT2D eigenvalue weighted by atomic mass is 9.98. The van der Waals surface area contributed by atoms with Crippen molar-refractivity contribution in [3.05, 3.63) is 63.6 Å². The average molecular weight is 554 g/mol. The van der Waals surface area contributed by atoms with Gasteiger partial charge in [0, 0.05) is 15.2 Å². The monoisotopic (exact) mass is 553 g/mol. The number of carbonyl (C=O) groups is 3. The van der Waals surface area contributed by atoms with Crippen LogP contribution in [0.1, 0.15) is 60.9 Å². The molecule has 3 aromatic rings. The molecule has 0 N–H and O–H groups in total. The highest BCUT2D eigenvalue weighted by molar-refractivity contribution is 9.10. The molecule has 4 rings (SSSR count). The summed E-state index contributed by atoms with van der Waals surface area (Å²) in [6.45, 7) is 9.53. The van der Waals surface area contributed by atoms with Crippen LogP contribution >= 0.6 is 15.9 Å². The number of amides is 2. The standard InChI is InChI=1S/C28H28BrNO6/c1-6-34-22(31)14-17-11-12-21(20(29)13-17)30-27(32)23-24(28(30)33)26(36-16(4)5)19-10-8-7-9-18(19)25(23)35-15(2)3/h7-13,15-16H,6,14H2,1-5H3. The third-order valence-corrected chi connectivity index (χ3v) is 6.20. The van der Waals surface area contributed by atoms with Gasteiger partial charge in [0.05, 0.1) is 42.0 Å².